The Morgan fingerprint density at radius 1 is 0.935 bits per heavy atom. The minimum absolute atomic E-state index is 0.177. The number of fused-ring (bicyclic) bond motifs is 4. The van der Waals surface area contributed by atoms with Gasteiger partial charge in [0.1, 0.15) is 5.82 Å². The van der Waals surface area contributed by atoms with Crippen molar-refractivity contribution in [1.82, 2.24) is 9.80 Å². The molecule has 0 aromatic heterocycles. The smallest absolute Gasteiger partial charge is 0.349 e. The van der Waals surface area contributed by atoms with Crippen molar-refractivity contribution < 1.29 is 22.3 Å². The van der Waals surface area contributed by atoms with Gasteiger partial charge in [0.05, 0.1) is 12.1 Å². The van der Waals surface area contributed by atoms with Crippen molar-refractivity contribution in [2.75, 3.05) is 26.2 Å². The zero-order valence-corrected chi connectivity index (χ0v) is 17.2. The van der Waals surface area contributed by atoms with Crippen LogP contribution in [-0.4, -0.2) is 54.5 Å². The van der Waals surface area contributed by atoms with Crippen LogP contribution < -0.4 is 0 Å². The second kappa shape index (κ2) is 8.19. The van der Waals surface area contributed by atoms with Gasteiger partial charge >= 0.3 is 6.18 Å². The lowest BCUT2D eigenvalue weighted by atomic mass is 9.85. The van der Waals surface area contributed by atoms with Crippen molar-refractivity contribution in [2.45, 2.75) is 43.8 Å². The molecule has 0 aliphatic carbocycles. The predicted octanol–water partition coefficient (Wildman–Crippen LogP) is 4.77. The third-order valence-electron chi connectivity index (χ3n) is 6.99. The number of halogens is 4. The molecule has 0 saturated carbocycles. The van der Waals surface area contributed by atoms with Gasteiger partial charge in [0.25, 0.3) is 0 Å². The van der Waals surface area contributed by atoms with Gasteiger partial charge in [-0.2, -0.15) is 13.2 Å². The first-order chi connectivity index (χ1) is 14.9. The molecule has 0 amide bonds. The first-order valence-electron chi connectivity index (χ1n) is 10.9. The van der Waals surface area contributed by atoms with E-state index in [-0.39, 0.29) is 12.5 Å². The molecule has 4 heterocycles. The van der Waals surface area contributed by atoms with Crippen molar-refractivity contribution in [2.24, 2.45) is 5.92 Å². The summed E-state index contributed by atoms with van der Waals surface area (Å²) in [4.78, 5) is 3.62. The van der Waals surface area contributed by atoms with Gasteiger partial charge in [-0.1, -0.05) is 36.4 Å². The maximum atomic E-state index is 14.4. The maximum Gasteiger partial charge on any atom is 0.428 e. The van der Waals surface area contributed by atoms with E-state index in [0.717, 1.165) is 37.1 Å². The topological polar surface area (TPSA) is 15.7 Å². The maximum absolute atomic E-state index is 14.4. The second-order valence-corrected chi connectivity index (χ2v) is 8.85. The van der Waals surface area contributed by atoms with Crippen LogP contribution in [0.3, 0.4) is 0 Å². The van der Waals surface area contributed by atoms with Crippen LogP contribution in [0.15, 0.2) is 48.5 Å². The van der Waals surface area contributed by atoms with Crippen molar-refractivity contribution in [3.63, 3.8) is 0 Å². The average molecular weight is 434 g/mol. The van der Waals surface area contributed by atoms with E-state index in [2.05, 4.69) is 4.90 Å². The molecule has 0 N–H and O–H groups in total. The Kier molecular flexibility index (Phi) is 5.52. The van der Waals surface area contributed by atoms with E-state index in [1.807, 2.05) is 24.3 Å². The van der Waals surface area contributed by atoms with Gasteiger partial charge in [-0.3, -0.25) is 4.90 Å². The van der Waals surface area contributed by atoms with Crippen LogP contribution in [-0.2, 0) is 11.2 Å². The molecule has 3 fully saturated rings. The summed E-state index contributed by atoms with van der Waals surface area (Å²) >= 11 is 0. The molecule has 3 nitrogen and oxygen atoms in total. The first-order valence-corrected chi connectivity index (χ1v) is 10.9. The summed E-state index contributed by atoms with van der Waals surface area (Å²) in [6, 6.07) is 12.7. The zero-order valence-electron chi connectivity index (χ0n) is 17.2. The van der Waals surface area contributed by atoms with Crippen molar-refractivity contribution >= 4 is 0 Å². The number of nitrogens with zero attached hydrogens (tertiary/aromatic N) is 2. The Hall–Kier alpha value is -1.96. The Bertz CT molecular complexity index is 909. The molecular weight excluding hydrogens is 408 g/mol. The molecule has 2 bridgehead atoms. The molecule has 31 heavy (non-hydrogen) atoms. The molecule has 0 spiro atoms. The molecule has 2 aromatic rings. The van der Waals surface area contributed by atoms with Gasteiger partial charge in [-0.15, -0.1) is 0 Å². The first kappa shape index (κ1) is 20.9. The second-order valence-electron chi connectivity index (χ2n) is 8.85. The fraction of sp³-hybridized carbons (Fsp3) is 0.500. The third kappa shape index (κ3) is 4.11. The highest BCUT2D eigenvalue weighted by Gasteiger charge is 2.51. The lowest BCUT2D eigenvalue weighted by Crippen LogP contribution is -2.58. The van der Waals surface area contributed by atoms with Gasteiger partial charge in [0.15, 0.2) is 0 Å². The SMILES string of the molecule is Fc1ccc(C2c3ccccc3CCN2[C@H](O[C@@H]2CN3CCC2CC3)C(F)(F)F)cc1. The Morgan fingerprint density at radius 2 is 1.65 bits per heavy atom. The van der Waals surface area contributed by atoms with Crippen LogP contribution in [0.4, 0.5) is 17.6 Å². The average Bonchev–Trinajstić information content (AvgIpc) is 2.77. The number of ether oxygens (including phenoxy) is 1. The normalized spacial score (nSPS) is 29.5. The molecule has 4 aliphatic heterocycles. The summed E-state index contributed by atoms with van der Waals surface area (Å²) in [5.41, 5.74) is 2.49. The molecular formula is C24H26F4N2O. The van der Waals surface area contributed by atoms with Crippen LogP contribution >= 0.6 is 0 Å². The molecule has 6 rings (SSSR count). The van der Waals surface area contributed by atoms with Gasteiger partial charge in [0, 0.05) is 13.1 Å². The van der Waals surface area contributed by atoms with E-state index >= 15 is 0 Å². The largest absolute Gasteiger partial charge is 0.428 e. The summed E-state index contributed by atoms with van der Waals surface area (Å²) in [5.74, 6) is -0.230. The van der Waals surface area contributed by atoms with Crippen LogP contribution in [0.25, 0.3) is 0 Å². The van der Waals surface area contributed by atoms with Crippen LogP contribution in [0.5, 0.6) is 0 Å². The Balaban J connectivity index is 1.51. The lowest BCUT2D eigenvalue weighted by Gasteiger charge is -2.48. The quantitative estimate of drug-likeness (QED) is 0.645. The fourth-order valence-corrected chi connectivity index (χ4v) is 5.43. The molecule has 166 valence electrons. The number of benzene rings is 2. The number of alkyl halides is 3. The highest BCUT2D eigenvalue weighted by atomic mass is 19.4. The number of hydrogen-bond acceptors (Lipinski definition) is 3. The van der Waals surface area contributed by atoms with E-state index in [1.54, 1.807) is 12.1 Å². The van der Waals surface area contributed by atoms with Crippen molar-refractivity contribution in [3.05, 3.63) is 71.0 Å². The number of rotatable bonds is 4. The van der Waals surface area contributed by atoms with E-state index in [0.29, 0.717) is 18.5 Å². The molecule has 0 radical (unpaired) electrons. The molecule has 3 saturated heterocycles. The fourth-order valence-electron chi connectivity index (χ4n) is 5.43. The Morgan fingerprint density at radius 3 is 2.29 bits per heavy atom. The molecule has 4 aliphatic rings. The van der Waals surface area contributed by atoms with Crippen molar-refractivity contribution in [3.8, 4) is 0 Å². The highest BCUT2D eigenvalue weighted by molar-refractivity contribution is 5.40. The van der Waals surface area contributed by atoms with E-state index in [4.69, 9.17) is 4.74 Å². The summed E-state index contributed by atoms with van der Waals surface area (Å²) in [7, 11) is 0. The van der Waals surface area contributed by atoms with Crippen LogP contribution in [0.2, 0.25) is 0 Å². The summed E-state index contributed by atoms with van der Waals surface area (Å²) < 4.78 is 62.6. The highest BCUT2D eigenvalue weighted by Crippen LogP contribution is 2.42. The zero-order chi connectivity index (χ0) is 21.6. The van der Waals surface area contributed by atoms with E-state index in [9.17, 15) is 17.6 Å². The molecule has 7 heteroatoms. The van der Waals surface area contributed by atoms with Crippen molar-refractivity contribution in [1.29, 1.82) is 0 Å². The van der Waals surface area contributed by atoms with Gasteiger partial charge in [-0.25, -0.2) is 4.39 Å². The molecule has 2 aromatic carbocycles. The lowest BCUT2D eigenvalue weighted by molar-refractivity contribution is -0.295. The minimum atomic E-state index is -4.53. The summed E-state index contributed by atoms with van der Waals surface area (Å²) in [6.07, 6.45) is -4.65. The summed E-state index contributed by atoms with van der Waals surface area (Å²) in [5, 5.41) is 0. The van der Waals surface area contributed by atoms with Gasteiger partial charge < -0.3 is 9.64 Å². The van der Waals surface area contributed by atoms with Gasteiger partial charge in [0.2, 0.25) is 6.23 Å². The van der Waals surface area contributed by atoms with E-state index in [1.165, 1.54) is 17.0 Å². The van der Waals surface area contributed by atoms with Crippen LogP contribution in [0.1, 0.15) is 35.6 Å². The third-order valence-corrected chi connectivity index (χ3v) is 6.99. The predicted molar refractivity (Wildman–Crippen MR) is 109 cm³/mol. The molecule has 3 atom stereocenters. The monoisotopic (exact) mass is 434 g/mol. The van der Waals surface area contributed by atoms with Crippen LogP contribution in [0, 0.1) is 11.7 Å². The standard InChI is InChI=1S/C24H26F4N2O/c25-19-7-5-18(6-8-19)22-20-4-2-1-3-16(20)11-14-30(22)23(24(26,27)28)31-21-15-29-12-9-17(21)10-13-29/h1-8,17,21-23H,9-15H2/t21-,22?,23-/m1/s1. The van der Waals surface area contributed by atoms with Gasteiger partial charge in [-0.05, 0) is 67.1 Å². The molecule has 1 unspecified atom stereocenters. The number of hydrogen-bond donors (Lipinski definition) is 0. The number of piperidine rings is 3. The summed E-state index contributed by atoms with van der Waals surface area (Å²) in [6.45, 7) is 2.67. The van der Waals surface area contributed by atoms with E-state index < -0.39 is 30.4 Å². The minimum Gasteiger partial charge on any atom is -0.349 e. The Labute approximate surface area is 179 Å².